The number of hydrogen-bond acceptors (Lipinski definition) is 4. The van der Waals surface area contributed by atoms with Crippen molar-refractivity contribution in [1.29, 1.82) is 0 Å². The molecular formula is C17H26N2O4. The summed E-state index contributed by atoms with van der Waals surface area (Å²) in [6.07, 6.45) is 0.475. The van der Waals surface area contributed by atoms with Crippen molar-refractivity contribution >= 4 is 17.5 Å². The van der Waals surface area contributed by atoms with E-state index in [1.807, 2.05) is 13.8 Å². The van der Waals surface area contributed by atoms with Gasteiger partial charge in [-0.15, -0.1) is 0 Å². The Balaban J connectivity index is 2.83. The maximum absolute atomic E-state index is 12.0. The molecule has 0 heterocycles. The van der Waals surface area contributed by atoms with Gasteiger partial charge in [0.05, 0.1) is 19.9 Å². The minimum Gasteiger partial charge on any atom is -0.497 e. The Morgan fingerprint density at radius 2 is 1.91 bits per heavy atom. The van der Waals surface area contributed by atoms with Crippen molar-refractivity contribution in [3.05, 3.63) is 18.2 Å². The SMILES string of the molecule is COc1ccc(OC)c(N(CCNC(=O)CC(C)C)C(C)=O)c1. The van der Waals surface area contributed by atoms with E-state index < -0.39 is 0 Å². The molecule has 128 valence electrons. The van der Waals surface area contributed by atoms with E-state index in [-0.39, 0.29) is 11.8 Å². The van der Waals surface area contributed by atoms with Gasteiger partial charge in [0, 0.05) is 32.5 Å². The quantitative estimate of drug-likeness (QED) is 0.797. The van der Waals surface area contributed by atoms with Crippen LogP contribution in [-0.2, 0) is 9.59 Å². The predicted molar refractivity (Wildman–Crippen MR) is 90.0 cm³/mol. The molecule has 1 N–H and O–H groups in total. The van der Waals surface area contributed by atoms with Gasteiger partial charge in [-0.05, 0) is 18.1 Å². The number of nitrogens with one attached hydrogen (secondary N) is 1. The van der Waals surface area contributed by atoms with Crippen molar-refractivity contribution in [1.82, 2.24) is 5.32 Å². The molecular weight excluding hydrogens is 296 g/mol. The summed E-state index contributed by atoms with van der Waals surface area (Å²) in [5, 5.41) is 2.83. The molecule has 0 aliphatic carbocycles. The number of ether oxygens (including phenoxy) is 2. The highest BCUT2D eigenvalue weighted by Gasteiger charge is 2.17. The Labute approximate surface area is 137 Å². The van der Waals surface area contributed by atoms with Gasteiger partial charge in [0.2, 0.25) is 11.8 Å². The fourth-order valence-electron chi connectivity index (χ4n) is 2.21. The molecule has 0 saturated heterocycles. The molecule has 1 rings (SSSR count). The average molecular weight is 322 g/mol. The van der Waals surface area contributed by atoms with Crippen molar-refractivity contribution in [3.63, 3.8) is 0 Å². The Morgan fingerprint density at radius 1 is 1.22 bits per heavy atom. The molecule has 0 radical (unpaired) electrons. The van der Waals surface area contributed by atoms with Crippen LogP contribution < -0.4 is 19.7 Å². The normalized spacial score (nSPS) is 10.3. The molecule has 0 aliphatic rings. The van der Waals surface area contributed by atoms with Crippen LogP contribution in [0.25, 0.3) is 0 Å². The van der Waals surface area contributed by atoms with Crippen LogP contribution in [0.4, 0.5) is 5.69 Å². The fraction of sp³-hybridized carbons (Fsp3) is 0.529. The largest absolute Gasteiger partial charge is 0.497 e. The molecule has 0 aliphatic heterocycles. The summed E-state index contributed by atoms with van der Waals surface area (Å²) < 4.78 is 10.5. The van der Waals surface area contributed by atoms with Gasteiger partial charge in [-0.25, -0.2) is 0 Å². The first-order valence-electron chi connectivity index (χ1n) is 7.65. The lowest BCUT2D eigenvalue weighted by molar-refractivity contribution is -0.122. The standard InChI is InChI=1S/C17H26N2O4/c1-12(2)10-17(21)18-8-9-19(13(3)20)15-11-14(22-4)6-7-16(15)23-5/h6-7,11-12H,8-10H2,1-5H3,(H,18,21). The number of rotatable bonds is 8. The maximum atomic E-state index is 12.0. The van der Waals surface area contributed by atoms with E-state index in [4.69, 9.17) is 9.47 Å². The summed E-state index contributed by atoms with van der Waals surface area (Å²) in [4.78, 5) is 25.3. The molecule has 23 heavy (non-hydrogen) atoms. The molecule has 0 spiro atoms. The van der Waals surface area contributed by atoms with Gasteiger partial charge < -0.3 is 19.7 Å². The lowest BCUT2D eigenvalue weighted by Crippen LogP contribution is -2.38. The van der Waals surface area contributed by atoms with Crippen LogP contribution in [0.1, 0.15) is 27.2 Å². The first kappa shape index (κ1) is 18.8. The van der Waals surface area contributed by atoms with Gasteiger partial charge in [-0.1, -0.05) is 13.8 Å². The van der Waals surface area contributed by atoms with Crippen molar-refractivity contribution in [2.75, 3.05) is 32.2 Å². The second-order valence-corrected chi connectivity index (χ2v) is 5.66. The highest BCUT2D eigenvalue weighted by molar-refractivity contribution is 5.93. The predicted octanol–water partition coefficient (Wildman–Crippen LogP) is 2.22. The molecule has 0 atom stereocenters. The molecule has 0 unspecified atom stereocenters. The van der Waals surface area contributed by atoms with Crippen LogP contribution in [0.2, 0.25) is 0 Å². The summed E-state index contributed by atoms with van der Waals surface area (Å²) in [7, 11) is 3.11. The smallest absolute Gasteiger partial charge is 0.224 e. The Morgan fingerprint density at radius 3 is 2.43 bits per heavy atom. The van der Waals surface area contributed by atoms with Gasteiger partial charge in [0.25, 0.3) is 0 Å². The zero-order valence-electron chi connectivity index (χ0n) is 14.5. The number of hydrogen-bond donors (Lipinski definition) is 1. The molecule has 6 nitrogen and oxygen atoms in total. The van der Waals surface area contributed by atoms with E-state index in [1.165, 1.54) is 6.92 Å². The van der Waals surface area contributed by atoms with Crippen molar-refractivity contribution in [2.45, 2.75) is 27.2 Å². The Kier molecular flexibility index (Phi) is 7.38. The zero-order chi connectivity index (χ0) is 17.4. The van der Waals surface area contributed by atoms with Gasteiger partial charge in [0.15, 0.2) is 0 Å². The van der Waals surface area contributed by atoms with Crippen LogP contribution in [-0.4, -0.2) is 39.1 Å². The van der Waals surface area contributed by atoms with E-state index in [0.29, 0.717) is 42.6 Å². The number of anilines is 1. The van der Waals surface area contributed by atoms with E-state index in [1.54, 1.807) is 37.3 Å². The minimum atomic E-state index is -0.130. The van der Waals surface area contributed by atoms with E-state index in [2.05, 4.69) is 5.32 Å². The number of methoxy groups -OCH3 is 2. The molecule has 0 bridgehead atoms. The number of carbonyl (C=O) groups is 2. The van der Waals surface area contributed by atoms with Crippen LogP contribution in [0.3, 0.4) is 0 Å². The van der Waals surface area contributed by atoms with Gasteiger partial charge in [-0.2, -0.15) is 0 Å². The average Bonchev–Trinajstić information content (AvgIpc) is 2.49. The third kappa shape index (κ3) is 5.81. The van der Waals surface area contributed by atoms with Gasteiger partial charge in [0.1, 0.15) is 11.5 Å². The highest BCUT2D eigenvalue weighted by Crippen LogP contribution is 2.32. The van der Waals surface area contributed by atoms with Gasteiger partial charge >= 0.3 is 0 Å². The fourth-order valence-corrected chi connectivity index (χ4v) is 2.21. The minimum absolute atomic E-state index is 0.0129. The van der Waals surface area contributed by atoms with Crippen molar-refractivity contribution in [2.24, 2.45) is 5.92 Å². The number of carbonyl (C=O) groups excluding carboxylic acids is 2. The highest BCUT2D eigenvalue weighted by atomic mass is 16.5. The first-order chi connectivity index (χ1) is 10.9. The number of benzene rings is 1. The zero-order valence-corrected chi connectivity index (χ0v) is 14.5. The summed E-state index contributed by atoms with van der Waals surface area (Å²) in [5.41, 5.74) is 0.623. The van der Waals surface area contributed by atoms with E-state index in [9.17, 15) is 9.59 Å². The summed E-state index contributed by atoms with van der Waals surface area (Å²) in [6.45, 7) is 6.20. The Bertz CT molecular complexity index is 543. The molecule has 0 saturated carbocycles. The summed E-state index contributed by atoms with van der Waals surface area (Å²) >= 11 is 0. The van der Waals surface area contributed by atoms with E-state index in [0.717, 1.165) is 0 Å². The lowest BCUT2D eigenvalue weighted by Gasteiger charge is -2.24. The van der Waals surface area contributed by atoms with E-state index >= 15 is 0 Å². The van der Waals surface area contributed by atoms with Crippen LogP contribution in [0, 0.1) is 5.92 Å². The maximum Gasteiger partial charge on any atom is 0.224 e. The number of amides is 2. The van der Waals surface area contributed by atoms with Crippen LogP contribution in [0.5, 0.6) is 11.5 Å². The monoisotopic (exact) mass is 322 g/mol. The Hall–Kier alpha value is -2.24. The second-order valence-electron chi connectivity index (χ2n) is 5.66. The summed E-state index contributed by atoms with van der Waals surface area (Å²) in [5.74, 6) is 1.37. The topological polar surface area (TPSA) is 67.9 Å². The van der Waals surface area contributed by atoms with Crippen molar-refractivity contribution in [3.8, 4) is 11.5 Å². The number of nitrogens with zero attached hydrogens (tertiary/aromatic N) is 1. The molecule has 1 aromatic carbocycles. The molecule has 1 aromatic rings. The van der Waals surface area contributed by atoms with Crippen LogP contribution in [0.15, 0.2) is 18.2 Å². The third-order valence-corrected chi connectivity index (χ3v) is 3.31. The van der Waals surface area contributed by atoms with Crippen LogP contribution >= 0.6 is 0 Å². The third-order valence-electron chi connectivity index (χ3n) is 3.31. The second kappa shape index (κ2) is 9.02. The first-order valence-corrected chi connectivity index (χ1v) is 7.65. The molecule has 0 aromatic heterocycles. The lowest BCUT2D eigenvalue weighted by atomic mass is 10.1. The van der Waals surface area contributed by atoms with Crippen molar-refractivity contribution < 1.29 is 19.1 Å². The summed E-state index contributed by atoms with van der Waals surface area (Å²) in [6, 6.07) is 5.27. The van der Waals surface area contributed by atoms with Gasteiger partial charge in [-0.3, -0.25) is 9.59 Å². The molecule has 6 heteroatoms. The molecule has 2 amide bonds. The molecule has 0 fully saturated rings.